The molecule has 2 heterocycles. The second-order valence-electron chi connectivity index (χ2n) is 4.98. The summed E-state index contributed by atoms with van der Waals surface area (Å²) in [5.41, 5.74) is 0. The summed E-state index contributed by atoms with van der Waals surface area (Å²) in [5.74, 6) is -0.337. The number of urea groups is 1. The molecule has 0 saturated carbocycles. The number of aliphatic carboxylic acids is 1. The van der Waals surface area contributed by atoms with E-state index in [1.165, 1.54) is 12.0 Å². The third-order valence-corrected chi connectivity index (χ3v) is 3.71. The maximum atomic E-state index is 12.6. The zero-order chi connectivity index (χ0) is 15.4. The minimum atomic E-state index is -1.00. The monoisotopic (exact) mass is 296 g/mol. The summed E-state index contributed by atoms with van der Waals surface area (Å²) >= 11 is 0. The van der Waals surface area contributed by atoms with E-state index in [4.69, 9.17) is 9.15 Å². The summed E-state index contributed by atoms with van der Waals surface area (Å²) in [6.07, 6.45) is 1.62. The molecule has 1 aromatic heterocycles. The summed E-state index contributed by atoms with van der Waals surface area (Å²) in [6, 6.07) is 2.39. The Labute approximate surface area is 123 Å². The van der Waals surface area contributed by atoms with Gasteiger partial charge in [0.05, 0.1) is 18.9 Å². The lowest BCUT2D eigenvalue weighted by molar-refractivity contribution is -0.141. The van der Waals surface area contributed by atoms with Gasteiger partial charge in [0.1, 0.15) is 11.8 Å². The smallest absolute Gasteiger partial charge is 0.326 e. The van der Waals surface area contributed by atoms with Gasteiger partial charge < -0.3 is 24.1 Å². The van der Waals surface area contributed by atoms with Crippen LogP contribution in [0.2, 0.25) is 0 Å². The van der Waals surface area contributed by atoms with Crippen molar-refractivity contribution in [3.63, 3.8) is 0 Å². The third kappa shape index (κ3) is 3.36. The standard InChI is InChI=1S/C14H20N2O5/c1-3-15(8-10-5-4-6-21-10)14(19)16-9-11(20-2)7-12(16)13(17)18/h4-6,11-12H,3,7-9H2,1-2H3,(H,17,18). The largest absolute Gasteiger partial charge is 0.480 e. The minimum absolute atomic E-state index is 0.239. The van der Waals surface area contributed by atoms with Gasteiger partial charge >= 0.3 is 12.0 Å². The summed E-state index contributed by atoms with van der Waals surface area (Å²) in [5, 5.41) is 9.27. The Hall–Kier alpha value is -2.02. The molecule has 1 N–H and O–H groups in total. The number of rotatable bonds is 5. The van der Waals surface area contributed by atoms with Crippen LogP contribution in [0.5, 0.6) is 0 Å². The second kappa shape index (κ2) is 6.62. The van der Waals surface area contributed by atoms with E-state index in [0.717, 1.165) is 0 Å². The van der Waals surface area contributed by atoms with Gasteiger partial charge in [0.2, 0.25) is 0 Å². The van der Waals surface area contributed by atoms with Crippen molar-refractivity contribution in [2.75, 3.05) is 20.2 Å². The van der Waals surface area contributed by atoms with Gasteiger partial charge in [-0.3, -0.25) is 0 Å². The SMILES string of the molecule is CCN(Cc1ccco1)C(=O)N1CC(OC)CC1C(=O)O. The van der Waals surface area contributed by atoms with Gasteiger partial charge in [-0.25, -0.2) is 9.59 Å². The van der Waals surface area contributed by atoms with Gasteiger partial charge in [0.15, 0.2) is 0 Å². The zero-order valence-corrected chi connectivity index (χ0v) is 12.2. The molecule has 2 unspecified atom stereocenters. The number of methoxy groups -OCH3 is 1. The van der Waals surface area contributed by atoms with Crippen molar-refractivity contribution in [2.24, 2.45) is 0 Å². The fraction of sp³-hybridized carbons (Fsp3) is 0.571. The van der Waals surface area contributed by atoms with E-state index in [9.17, 15) is 14.7 Å². The van der Waals surface area contributed by atoms with Crippen molar-refractivity contribution in [3.05, 3.63) is 24.2 Å². The predicted molar refractivity (Wildman–Crippen MR) is 73.7 cm³/mol. The van der Waals surface area contributed by atoms with Gasteiger partial charge in [0, 0.05) is 26.6 Å². The van der Waals surface area contributed by atoms with Gasteiger partial charge in [0.25, 0.3) is 0 Å². The van der Waals surface area contributed by atoms with E-state index in [0.29, 0.717) is 31.8 Å². The molecule has 0 radical (unpaired) electrons. The number of furan rings is 1. The number of hydrogen-bond donors (Lipinski definition) is 1. The van der Waals surface area contributed by atoms with Gasteiger partial charge in [-0.15, -0.1) is 0 Å². The van der Waals surface area contributed by atoms with E-state index < -0.39 is 12.0 Å². The number of amides is 2. The van der Waals surface area contributed by atoms with Gasteiger partial charge in [-0.2, -0.15) is 0 Å². The number of carboxylic acid groups (broad SMARTS) is 1. The summed E-state index contributed by atoms with van der Waals surface area (Å²) in [7, 11) is 1.53. The number of carbonyl (C=O) groups is 2. The van der Waals surface area contributed by atoms with Gasteiger partial charge in [-0.05, 0) is 19.1 Å². The molecule has 7 heteroatoms. The average Bonchev–Trinajstić information content (AvgIpc) is 3.12. The van der Waals surface area contributed by atoms with Crippen molar-refractivity contribution in [3.8, 4) is 0 Å². The fourth-order valence-electron chi connectivity index (χ4n) is 2.50. The van der Waals surface area contributed by atoms with Crippen LogP contribution in [-0.4, -0.2) is 59.3 Å². The molecule has 116 valence electrons. The molecule has 7 nitrogen and oxygen atoms in total. The molecule has 1 fully saturated rings. The Balaban J connectivity index is 2.10. The molecular formula is C14H20N2O5. The predicted octanol–water partition coefficient (Wildman–Crippen LogP) is 1.40. The molecule has 2 rings (SSSR count). The van der Waals surface area contributed by atoms with Crippen molar-refractivity contribution < 1.29 is 23.8 Å². The molecule has 0 aromatic carbocycles. The summed E-state index contributed by atoms with van der Waals surface area (Å²) < 4.78 is 10.4. The molecular weight excluding hydrogens is 276 g/mol. The summed E-state index contributed by atoms with van der Waals surface area (Å²) in [4.78, 5) is 26.8. The normalized spacial score (nSPS) is 21.5. The van der Waals surface area contributed by atoms with Crippen LogP contribution in [0.3, 0.4) is 0 Å². The molecule has 21 heavy (non-hydrogen) atoms. The quantitative estimate of drug-likeness (QED) is 0.888. The van der Waals surface area contributed by atoms with Crippen molar-refractivity contribution in [2.45, 2.75) is 32.0 Å². The highest BCUT2D eigenvalue weighted by Crippen LogP contribution is 2.22. The fourth-order valence-corrected chi connectivity index (χ4v) is 2.50. The van der Waals surface area contributed by atoms with Gasteiger partial charge in [-0.1, -0.05) is 0 Å². The first kappa shape index (κ1) is 15.4. The first-order valence-corrected chi connectivity index (χ1v) is 6.90. The second-order valence-corrected chi connectivity index (χ2v) is 4.98. The summed E-state index contributed by atoms with van der Waals surface area (Å²) in [6.45, 7) is 2.93. The first-order chi connectivity index (χ1) is 10.1. The third-order valence-electron chi connectivity index (χ3n) is 3.71. The Morgan fingerprint density at radius 3 is 2.86 bits per heavy atom. The van der Waals surface area contributed by atoms with Crippen LogP contribution in [0.4, 0.5) is 4.79 Å². The Morgan fingerprint density at radius 1 is 1.57 bits per heavy atom. The molecule has 1 aliphatic heterocycles. The minimum Gasteiger partial charge on any atom is -0.480 e. The lowest BCUT2D eigenvalue weighted by Crippen LogP contribution is -2.47. The lowest BCUT2D eigenvalue weighted by atomic mass is 10.2. The van der Waals surface area contributed by atoms with Crippen molar-refractivity contribution in [1.82, 2.24) is 9.80 Å². The van der Waals surface area contributed by atoms with E-state index in [-0.39, 0.29) is 12.1 Å². The van der Waals surface area contributed by atoms with Crippen LogP contribution in [-0.2, 0) is 16.1 Å². The highest BCUT2D eigenvalue weighted by atomic mass is 16.5. The molecule has 1 aliphatic rings. The number of carbonyl (C=O) groups excluding carboxylic acids is 1. The van der Waals surface area contributed by atoms with Crippen molar-refractivity contribution in [1.29, 1.82) is 0 Å². The molecule has 2 atom stereocenters. The van der Waals surface area contributed by atoms with E-state index in [1.807, 2.05) is 6.92 Å². The molecule has 1 saturated heterocycles. The molecule has 0 spiro atoms. The van der Waals surface area contributed by atoms with Crippen LogP contribution < -0.4 is 0 Å². The van der Waals surface area contributed by atoms with Crippen LogP contribution >= 0.6 is 0 Å². The maximum absolute atomic E-state index is 12.6. The van der Waals surface area contributed by atoms with Crippen LogP contribution in [0.25, 0.3) is 0 Å². The van der Waals surface area contributed by atoms with E-state index in [1.54, 1.807) is 23.3 Å². The Morgan fingerprint density at radius 2 is 2.33 bits per heavy atom. The first-order valence-electron chi connectivity index (χ1n) is 6.90. The van der Waals surface area contributed by atoms with E-state index in [2.05, 4.69) is 0 Å². The van der Waals surface area contributed by atoms with Crippen LogP contribution in [0.15, 0.2) is 22.8 Å². The molecule has 0 aliphatic carbocycles. The van der Waals surface area contributed by atoms with Crippen LogP contribution in [0, 0.1) is 0 Å². The highest BCUT2D eigenvalue weighted by molar-refractivity contribution is 5.83. The number of hydrogen-bond acceptors (Lipinski definition) is 4. The van der Waals surface area contributed by atoms with Crippen molar-refractivity contribution >= 4 is 12.0 Å². The Kier molecular flexibility index (Phi) is 4.85. The highest BCUT2D eigenvalue weighted by Gasteiger charge is 2.41. The van der Waals surface area contributed by atoms with Crippen LogP contribution in [0.1, 0.15) is 19.1 Å². The number of carboxylic acids is 1. The molecule has 2 amide bonds. The maximum Gasteiger partial charge on any atom is 0.326 e. The average molecular weight is 296 g/mol. The Bertz CT molecular complexity index is 488. The number of likely N-dealkylation sites (tertiary alicyclic amines) is 1. The number of nitrogens with zero attached hydrogens (tertiary/aromatic N) is 2. The topological polar surface area (TPSA) is 83.2 Å². The number of ether oxygens (including phenoxy) is 1. The van der Waals surface area contributed by atoms with E-state index >= 15 is 0 Å². The zero-order valence-electron chi connectivity index (χ0n) is 12.2. The molecule has 0 bridgehead atoms. The molecule has 1 aromatic rings. The lowest BCUT2D eigenvalue weighted by Gasteiger charge is -2.28.